The summed E-state index contributed by atoms with van der Waals surface area (Å²) in [6, 6.07) is 16.1. The fraction of sp³-hybridized carbons (Fsp3) is 0.464. The third-order valence-corrected chi connectivity index (χ3v) is 8.61. The third-order valence-electron chi connectivity index (χ3n) is 8.61. The maximum atomic E-state index is 13.3. The van der Waals surface area contributed by atoms with Gasteiger partial charge >= 0.3 is 12.1 Å². The van der Waals surface area contributed by atoms with Crippen LogP contribution in [0.15, 0.2) is 48.5 Å². The van der Waals surface area contributed by atoms with Crippen molar-refractivity contribution in [1.82, 2.24) is 10.2 Å². The summed E-state index contributed by atoms with van der Waals surface area (Å²) in [6.45, 7) is 1.04. The second-order valence-corrected chi connectivity index (χ2v) is 10.5. The van der Waals surface area contributed by atoms with Crippen LogP contribution in [0.25, 0.3) is 11.1 Å². The van der Waals surface area contributed by atoms with Crippen molar-refractivity contribution in [3.05, 3.63) is 59.7 Å². The molecule has 4 atom stereocenters. The highest BCUT2D eigenvalue weighted by Gasteiger charge is 2.66. The molecule has 35 heavy (non-hydrogen) atoms. The number of nitrogens with zero attached hydrogens (tertiary/aromatic N) is 1. The number of fused-ring (bicyclic) bond motifs is 4. The van der Waals surface area contributed by atoms with Crippen molar-refractivity contribution in [1.29, 1.82) is 0 Å². The molecule has 6 rings (SSSR count). The van der Waals surface area contributed by atoms with Gasteiger partial charge < -0.3 is 20.1 Å². The summed E-state index contributed by atoms with van der Waals surface area (Å²) in [6.07, 6.45) is 3.47. The van der Waals surface area contributed by atoms with E-state index in [2.05, 4.69) is 29.6 Å². The van der Waals surface area contributed by atoms with Gasteiger partial charge in [-0.15, -0.1) is 0 Å². The average molecular weight is 475 g/mol. The molecule has 3 fully saturated rings. The van der Waals surface area contributed by atoms with Crippen LogP contribution >= 0.6 is 0 Å². The molecule has 2 saturated carbocycles. The zero-order chi connectivity index (χ0) is 24.2. The SMILES string of the molecule is O=C(NC1CCCCC1C(=O)N1CC2CC2(C(=O)O)C1)OCC1c2ccccc2-c2ccccc21. The largest absolute Gasteiger partial charge is 0.481 e. The zero-order valence-electron chi connectivity index (χ0n) is 19.6. The first kappa shape index (κ1) is 22.1. The molecule has 2 aromatic rings. The maximum Gasteiger partial charge on any atom is 0.407 e. The van der Waals surface area contributed by atoms with Gasteiger partial charge in [0.15, 0.2) is 0 Å². The number of rotatable bonds is 5. The first-order valence-corrected chi connectivity index (χ1v) is 12.6. The normalized spacial score (nSPS) is 28.6. The van der Waals surface area contributed by atoms with Crippen LogP contribution in [0.5, 0.6) is 0 Å². The number of hydrogen-bond acceptors (Lipinski definition) is 4. The monoisotopic (exact) mass is 474 g/mol. The summed E-state index contributed by atoms with van der Waals surface area (Å²) < 4.78 is 5.71. The molecular formula is C28H30N2O5. The number of piperidine rings is 1. The van der Waals surface area contributed by atoms with Crippen molar-refractivity contribution < 1.29 is 24.2 Å². The van der Waals surface area contributed by atoms with E-state index in [9.17, 15) is 19.5 Å². The molecule has 2 amide bonds. The van der Waals surface area contributed by atoms with Crippen LogP contribution in [-0.4, -0.2) is 53.7 Å². The highest BCUT2D eigenvalue weighted by molar-refractivity contribution is 5.85. The first-order chi connectivity index (χ1) is 17.0. The maximum absolute atomic E-state index is 13.3. The summed E-state index contributed by atoms with van der Waals surface area (Å²) in [5.41, 5.74) is 3.94. The van der Waals surface area contributed by atoms with E-state index in [1.54, 1.807) is 4.90 Å². The number of alkyl carbamates (subject to hydrolysis) is 1. The van der Waals surface area contributed by atoms with Gasteiger partial charge in [0.2, 0.25) is 5.91 Å². The molecule has 1 saturated heterocycles. The molecule has 1 aliphatic heterocycles. The van der Waals surface area contributed by atoms with Crippen LogP contribution in [0.1, 0.15) is 49.1 Å². The van der Waals surface area contributed by atoms with Gasteiger partial charge in [-0.2, -0.15) is 0 Å². The Labute approximate surface area is 204 Å². The Morgan fingerprint density at radius 1 is 1.00 bits per heavy atom. The molecule has 1 heterocycles. The fourth-order valence-electron chi connectivity index (χ4n) is 6.61. The Morgan fingerprint density at radius 2 is 1.66 bits per heavy atom. The van der Waals surface area contributed by atoms with Crippen molar-refractivity contribution in [2.45, 2.75) is 44.1 Å². The van der Waals surface area contributed by atoms with Crippen LogP contribution in [0, 0.1) is 17.3 Å². The Balaban J connectivity index is 1.10. The molecule has 2 N–H and O–H groups in total. The van der Waals surface area contributed by atoms with Gasteiger partial charge in [0.05, 0.1) is 11.3 Å². The molecule has 3 aliphatic carbocycles. The van der Waals surface area contributed by atoms with E-state index in [4.69, 9.17) is 4.74 Å². The zero-order valence-corrected chi connectivity index (χ0v) is 19.6. The number of benzene rings is 2. The van der Waals surface area contributed by atoms with Crippen molar-refractivity contribution in [2.24, 2.45) is 17.3 Å². The van der Waals surface area contributed by atoms with Gasteiger partial charge in [-0.3, -0.25) is 9.59 Å². The molecule has 0 radical (unpaired) electrons. The van der Waals surface area contributed by atoms with E-state index < -0.39 is 17.5 Å². The molecule has 182 valence electrons. The van der Waals surface area contributed by atoms with E-state index in [-0.39, 0.29) is 36.3 Å². The topological polar surface area (TPSA) is 95.9 Å². The van der Waals surface area contributed by atoms with Crippen molar-refractivity contribution >= 4 is 18.0 Å². The summed E-state index contributed by atoms with van der Waals surface area (Å²) in [4.78, 5) is 39.5. The molecule has 0 spiro atoms. The number of carboxylic acids is 1. The van der Waals surface area contributed by atoms with Crippen LogP contribution in [0.4, 0.5) is 4.79 Å². The lowest BCUT2D eigenvalue weighted by Crippen LogP contribution is -2.50. The number of ether oxygens (including phenoxy) is 1. The number of carbonyl (C=O) groups excluding carboxylic acids is 2. The number of likely N-dealkylation sites (tertiary alicyclic amines) is 1. The van der Waals surface area contributed by atoms with Crippen LogP contribution < -0.4 is 5.32 Å². The predicted molar refractivity (Wildman–Crippen MR) is 129 cm³/mol. The highest BCUT2D eigenvalue weighted by Crippen LogP contribution is 2.58. The quantitative estimate of drug-likeness (QED) is 0.683. The van der Waals surface area contributed by atoms with Crippen LogP contribution in [0.2, 0.25) is 0 Å². The predicted octanol–water partition coefficient (Wildman–Crippen LogP) is 4.02. The summed E-state index contributed by atoms with van der Waals surface area (Å²) in [5, 5.41) is 12.5. The van der Waals surface area contributed by atoms with Gasteiger partial charge in [0.25, 0.3) is 0 Å². The number of hydrogen-bond donors (Lipinski definition) is 2. The van der Waals surface area contributed by atoms with Gasteiger partial charge in [0.1, 0.15) is 6.61 Å². The molecule has 0 aromatic heterocycles. The van der Waals surface area contributed by atoms with Gasteiger partial charge in [-0.05, 0) is 47.4 Å². The van der Waals surface area contributed by atoms with E-state index in [1.807, 2.05) is 24.3 Å². The molecular weight excluding hydrogens is 444 g/mol. The second kappa shape index (κ2) is 8.40. The van der Waals surface area contributed by atoms with Crippen molar-refractivity contribution in [2.75, 3.05) is 19.7 Å². The van der Waals surface area contributed by atoms with Crippen molar-refractivity contribution in [3.8, 4) is 11.1 Å². The van der Waals surface area contributed by atoms with Gasteiger partial charge in [-0.1, -0.05) is 61.4 Å². The number of aliphatic carboxylic acids is 1. The van der Waals surface area contributed by atoms with E-state index >= 15 is 0 Å². The Kier molecular flexibility index (Phi) is 5.31. The number of amides is 2. The second-order valence-electron chi connectivity index (χ2n) is 10.5. The summed E-state index contributed by atoms with van der Waals surface area (Å²) in [5.74, 6) is -1.09. The lowest BCUT2D eigenvalue weighted by Gasteiger charge is -2.34. The van der Waals surface area contributed by atoms with Crippen LogP contribution in [-0.2, 0) is 14.3 Å². The minimum Gasteiger partial charge on any atom is -0.481 e. The minimum absolute atomic E-state index is 0.0135. The van der Waals surface area contributed by atoms with E-state index in [0.29, 0.717) is 25.9 Å². The Bertz CT molecular complexity index is 1150. The smallest absolute Gasteiger partial charge is 0.407 e. The molecule has 0 bridgehead atoms. The third kappa shape index (κ3) is 3.68. The summed E-state index contributed by atoms with van der Waals surface area (Å²) >= 11 is 0. The number of carboxylic acid groups (broad SMARTS) is 1. The Hall–Kier alpha value is -3.35. The van der Waals surface area contributed by atoms with Crippen molar-refractivity contribution in [3.63, 3.8) is 0 Å². The first-order valence-electron chi connectivity index (χ1n) is 12.6. The van der Waals surface area contributed by atoms with Gasteiger partial charge in [0, 0.05) is 25.0 Å². The molecule has 7 heteroatoms. The van der Waals surface area contributed by atoms with Gasteiger partial charge in [-0.25, -0.2) is 4.79 Å². The molecule has 4 unspecified atom stereocenters. The number of carbonyl (C=O) groups is 3. The minimum atomic E-state index is -0.797. The summed E-state index contributed by atoms with van der Waals surface area (Å²) in [7, 11) is 0. The fourth-order valence-corrected chi connectivity index (χ4v) is 6.61. The van der Waals surface area contributed by atoms with E-state index in [1.165, 1.54) is 11.1 Å². The molecule has 4 aliphatic rings. The highest BCUT2D eigenvalue weighted by atomic mass is 16.5. The average Bonchev–Trinajstić information content (AvgIpc) is 3.30. The Morgan fingerprint density at radius 3 is 2.31 bits per heavy atom. The lowest BCUT2D eigenvalue weighted by molar-refractivity contribution is -0.144. The van der Waals surface area contributed by atoms with E-state index in [0.717, 1.165) is 30.4 Å². The lowest BCUT2D eigenvalue weighted by atomic mass is 9.83. The molecule has 7 nitrogen and oxygen atoms in total. The standard InChI is InChI=1S/C28H30N2O5/c31-25(30-14-17-13-28(17,16-30)26(32)33)22-11-5-6-12-24(22)29-27(34)35-15-23-20-9-3-1-7-18(20)19-8-2-4-10-21(19)23/h1-4,7-10,17,22-24H,5-6,11-16H2,(H,29,34)(H,32,33). The number of nitrogens with one attached hydrogen (secondary N) is 1. The van der Waals surface area contributed by atoms with Crippen LogP contribution in [0.3, 0.4) is 0 Å². The molecule has 2 aromatic carbocycles.